The van der Waals surface area contributed by atoms with Crippen LogP contribution in [0.3, 0.4) is 0 Å². The van der Waals surface area contributed by atoms with E-state index in [1.165, 1.54) is 38.6 Å². The van der Waals surface area contributed by atoms with Gasteiger partial charge in [0.15, 0.2) is 0 Å². The van der Waals surface area contributed by atoms with Crippen molar-refractivity contribution in [2.75, 3.05) is 6.54 Å². The molecule has 0 aromatic heterocycles. The third-order valence-electron chi connectivity index (χ3n) is 4.41. The van der Waals surface area contributed by atoms with Crippen molar-refractivity contribution < 1.29 is 0 Å². The molecule has 0 radical (unpaired) electrons. The van der Waals surface area contributed by atoms with Crippen LogP contribution < -0.4 is 0 Å². The van der Waals surface area contributed by atoms with Crippen molar-refractivity contribution in [2.24, 2.45) is 5.92 Å². The molecular weight excluding hydrogens is 184 g/mol. The topological polar surface area (TPSA) is 27.0 Å². The fraction of sp³-hybridized carbons (Fsp3) is 0.923. The van der Waals surface area contributed by atoms with Gasteiger partial charge in [-0.15, -0.1) is 0 Å². The molecule has 2 heteroatoms. The summed E-state index contributed by atoms with van der Waals surface area (Å²) in [6.07, 6.45) is 7.76. The van der Waals surface area contributed by atoms with Gasteiger partial charge in [-0.3, -0.25) is 4.90 Å². The minimum atomic E-state index is 0.0992. The Morgan fingerprint density at radius 1 is 1.13 bits per heavy atom. The molecule has 15 heavy (non-hydrogen) atoms. The lowest BCUT2D eigenvalue weighted by molar-refractivity contribution is 0.00892. The Balaban J connectivity index is 2.12. The first-order valence-electron chi connectivity index (χ1n) is 6.32. The fourth-order valence-corrected chi connectivity index (χ4v) is 3.40. The van der Waals surface area contributed by atoms with Crippen molar-refractivity contribution in [1.29, 1.82) is 5.26 Å². The molecule has 0 aromatic rings. The summed E-state index contributed by atoms with van der Waals surface area (Å²) in [5.41, 5.74) is 0.0992. The quantitative estimate of drug-likeness (QED) is 0.659. The Labute approximate surface area is 93.3 Å². The van der Waals surface area contributed by atoms with Gasteiger partial charge >= 0.3 is 0 Å². The molecule has 0 amide bonds. The first-order valence-corrected chi connectivity index (χ1v) is 6.32. The van der Waals surface area contributed by atoms with E-state index < -0.39 is 0 Å². The molecule has 2 rings (SSSR count). The highest BCUT2D eigenvalue weighted by atomic mass is 15.2. The summed E-state index contributed by atoms with van der Waals surface area (Å²) in [5, 5.41) is 9.21. The number of hydrogen-bond donors (Lipinski definition) is 0. The van der Waals surface area contributed by atoms with E-state index in [0.717, 1.165) is 12.5 Å². The van der Waals surface area contributed by atoms with E-state index in [2.05, 4.69) is 24.8 Å². The first kappa shape index (κ1) is 11.0. The Morgan fingerprint density at radius 3 is 2.40 bits per heavy atom. The zero-order chi connectivity index (χ0) is 10.9. The van der Waals surface area contributed by atoms with Crippen LogP contribution in [0.25, 0.3) is 0 Å². The number of nitrogens with zero attached hydrogens (tertiary/aromatic N) is 2. The lowest BCUT2D eigenvalue weighted by atomic mass is 9.79. The molecule has 1 atom stereocenters. The molecule has 1 unspecified atom stereocenters. The maximum absolute atomic E-state index is 9.21. The second-order valence-electron chi connectivity index (χ2n) is 5.61. The molecule has 2 nitrogen and oxygen atoms in total. The molecule has 2 aliphatic rings. The molecule has 1 saturated carbocycles. The Hall–Kier alpha value is -0.550. The van der Waals surface area contributed by atoms with Crippen molar-refractivity contribution >= 4 is 0 Å². The third kappa shape index (κ3) is 1.90. The average molecular weight is 206 g/mol. The smallest absolute Gasteiger partial charge is 0.0675 e. The lowest BCUT2D eigenvalue weighted by Crippen LogP contribution is -2.56. The predicted octanol–water partition coefficient (Wildman–Crippen LogP) is 2.94. The molecule has 0 aromatic carbocycles. The molecule has 1 saturated heterocycles. The maximum Gasteiger partial charge on any atom is 0.0675 e. The molecular formula is C13H22N2. The highest BCUT2D eigenvalue weighted by Gasteiger charge is 2.42. The third-order valence-corrected chi connectivity index (χ3v) is 4.41. The number of rotatable bonds is 1. The van der Waals surface area contributed by atoms with E-state index in [1.54, 1.807) is 0 Å². The molecule has 0 N–H and O–H groups in total. The van der Waals surface area contributed by atoms with Gasteiger partial charge in [-0.05, 0) is 46.1 Å². The van der Waals surface area contributed by atoms with Gasteiger partial charge in [0, 0.05) is 11.6 Å². The van der Waals surface area contributed by atoms with E-state index >= 15 is 0 Å². The van der Waals surface area contributed by atoms with Crippen LogP contribution in [-0.4, -0.2) is 23.0 Å². The minimum Gasteiger partial charge on any atom is -0.294 e. The number of likely N-dealkylation sites (tertiary alicyclic amines) is 1. The van der Waals surface area contributed by atoms with Crippen LogP contribution in [0.15, 0.2) is 0 Å². The summed E-state index contributed by atoms with van der Waals surface area (Å²) >= 11 is 0. The molecule has 0 spiro atoms. The number of hydrogen-bond acceptors (Lipinski definition) is 2. The van der Waals surface area contributed by atoms with Crippen molar-refractivity contribution in [2.45, 2.75) is 64.0 Å². The summed E-state index contributed by atoms with van der Waals surface area (Å²) in [4.78, 5) is 2.62. The summed E-state index contributed by atoms with van der Waals surface area (Å²) in [7, 11) is 0. The van der Waals surface area contributed by atoms with Crippen molar-refractivity contribution in [1.82, 2.24) is 4.90 Å². The summed E-state index contributed by atoms with van der Waals surface area (Å²) < 4.78 is 0. The normalized spacial score (nSPS) is 32.7. The molecule has 1 aliphatic heterocycles. The van der Waals surface area contributed by atoms with Crippen LogP contribution in [0.5, 0.6) is 0 Å². The Bertz CT molecular complexity index is 258. The van der Waals surface area contributed by atoms with Crippen LogP contribution in [0.1, 0.15) is 52.4 Å². The van der Waals surface area contributed by atoms with Gasteiger partial charge in [0.1, 0.15) is 0 Å². The lowest BCUT2D eigenvalue weighted by Gasteiger charge is -2.48. The standard InChI is InChI=1S/C13H22N2/c1-13(2)11(10-14)6-5-9-15(13)12-7-3-4-8-12/h11-12H,3-9H2,1-2H3. The van der Waals surface area contributed by atoms with Gasteiger partial charge in [-0.25, -0.2) is 0 Å². The molecule has 0 bridgehead atoms. The zero-order valence-corrected chi connectivity index (χ0v) is 10.00. The largest absolute Gasteiger partial charge is 0.294 e. The van der Waals surface area contributed by atoms with E-state index in [1.807, 2.05) is 0 Å². The Kier molecular flexibility index (Phi) is 3.02. The number of nitriles is 1. The minimum absolute atomic E-state index is 0.0992. The van der Waals surface area contributed by atoms with Gasteiger partial charge in [0.2, 0.25) is 0 Å². The van der Waals surface area contributed by atoms with Gasteiger partial charge in [0.25, 0.3) is 0 Å². The van der Waals surface area contributed by atoms with Crippen molar-refractivity contribution in [3.8, 4) is 6.07 Å². The van der Waals surface area contributed by atoms with Crippen LogP contribution in [0, 0.1) is 17.2 Å². The molecule has 84 valence electrons. The van der Waals surface area contributed by atoms with Crippen LogP contribution in [-0.2, 0) is 0 Å². The van der Waals surface area contributed by atoms with Crippen molar-refractivity contribution in [3.63, 3.8) is 0 Å². The van der Waals surface area contributed by atoms with E-state index in [4.69, 9.17) is 0 Å². The van der Waals surface area contributed by atoms with E-state index in [-0.39, 0.29) is 11.5 Å². The van der Waals surface area contributed by atoms with E-state index in [9.17, 15) is 5.26 Å². The van der Waals surface area contributed by atoms with Gasteiger partial charge in [-0.1, -0.05) is 12.8 Å². The molecule has 2 fully saturated rings. The van der Waals surface area contributed by atoms with Crippen LogP contribution >= 0.6 is 0 Å². The average Bonchev–Trinajstić information content (AvgIpc) is 2.69. The highest BCUT2D eigenvalue weighted by molar-refractivity contribution is 5.04. The van der Waals surface area contributed by atoms with Gasteiger partial charge in [0.05, 0.1) is 12.0 Å². The monoisotopic (exact) mass is 206 g/mol. The van der Waals surface area contributed by atoms with Crippen molar-refractivity contribution in [3.05, 3.63) is 0 Å². The van der Waals surface area contributed by atoms with Crippen LogP contribution in [0.4, 0.5) is 0 Å². The maximum atomic E-state index is 9.21. The summed E-state index contributed by atoms with van der Waals surface area (Å²) in [6.45, 7) is 5.73. The SMILES string of the molecule is CC1(C)C(C#N)CCCN1C1CCCC1. The van der Waals surface area contributed by atoms with Gasteiger partial charge in [-0.2, -0.15) is 5.26 Å². The van der Waals surface area contributed by atoms with E-state index in [0.29, 0.717) is 0 Å². The Morgan fingerprint density at radius 2 is 1.80 bits per heavy atom. The summed E-state index contributed by atoms with van der Waals surface area (Å²) in [5.74, 6) is 0.229. The van der Waals surface area contributed by atoms with Gasteiger partial charge < -0.3 is 0 Å². The number of piperidine rings is 1. The molecule has 1 aliphatic carbocycles. The predicted molar refractivity (Wildman–Crippen MR) is 61.4 cm³/mol. The zero-order valence-electron chi connectivity index (χ0n) is 10.00. The fourth-order valence-electron chi connectivity index (χ4n) is 3.40. The molecule has 1 heterocycles. The summed E-state index contributed by atoms with van der Waals surface area (Å²) in [6, 6.07) is 3.27. The highest BCUT2D eigenvalue weighted by Crippen LogP contribution is 2.38. The second-order valence-corrected chi connectivity index (χ2v) is 5.61. The second kappa shape index (κ2) is 4.14. The first-order chi connectivity index (χ1) is 7.16. The van der Waals surface area contributed by atoms with Crippen LogP contribution in [0.2, 0.25) is 0 Å².